The molecule has 4 nitrogen and oxygen atoms in total. The molecule has 14 aromatic rings. The smallest absolute Gasteiger partial charge is 0.137 e. The fourth-order valence-electron chi connectivity index (χ4n) is 10.4. The van der Waals surface area contributed by atoms with Crippen LogP contribution in [0.25, 0.3) is 97.7 Å². The van der Waals surface area contributed by atoms with E-state index in [0.29, 0.717) is 0 Å². The molecule has 0 aliphatic rings. The van der Waals surface area contributed by atoms with E-state index in [0.717, 1.165) is 88.8 Å². The molecule has 0 aliphatic heterocycles. The van der Waals surface area contributed by atoms with E-state index < -0.39 is 0 Å². The second kappa shape index (κ2) is 14.3. The van der Waals surface area contributed by atoms with Gasteiger partial charge in [0.1, 0.15) is 22.3 Å². The molecule has 0 aliphatic carbocycles. The molecular weight excluding hydrogens is 805 g/mol. The first-order valence-corrected chi connectivity index (χ1v) is 22.5. The Morgan fingerprint density at radius 2 is 0.485 bits per heavy atom. The number of hydrogen-bond donors (Lipinski definition) is 0. The van der Waals surface area contributed by atoms with Gasteiger partial charge >= 0.3 is 0 Å². The molecule has 0 bridgehead atoms. The van der Waals surface area contributed by atoms with Crippen LogP contribution < -0.4 is 9.80 Å². The Bertz CT molecular complexity index is 3840. The van der Waals surface area contributed by atoms with E-state index in [-0.39, 0.29) is 0 Å². The molecular formula is C62H38N2O2. The monoisotopic (exact) mass is 842 g/mol. The van der Waals surface area contributed by atoms with Crippen molar-refractivity contribution < 1.29 is 8.83 Å². The van der Waals surface area contributed by atoms with Gasteiger partial charge in [0, 0.05) is 67.8 Å². The summed E-state index contributed by atoms with van der Waals surface area (Å²) in [5.41, 5.74) is 9.77. The second-order valence-corrected chi connectivity index (χ2v) is 17.3. The van der Waals surface area contributed by atoms with Crippen LogP contribution in [0, 0.1) is 0 Å². The number of anilines is 6. The standard InChI is InChI=1S/C62H38N2O2/c1-5-13-43-33-47(21-17-39(43)9-1)63(48-22-18-40-10-2-6-14-44(40)34-48)51-25-27-55-59(37-51)65-57-31-29-54-53(61(55)57)30-32-58-62(54)56-28-26-52(38-60(56)66-58)64(49-23-19-41-11-3-7-15-45(41)35-49)50-24-20-42-12-4-8-16-46(42)36-50/h1-38H. The van der Waals surface area contributed by atoms with Crippen LogP contribution in [-0.4, -0.2) is 0 Å². The Kier molecular flexibility index (Phi) is 7.95. The molecule has 0 saturated carbocycles. The number of rotatable bonds is 6. The van der Waals surface area contributed by atoms with Crippen molar-refractivity contribution in [1.29, 1.82) is 0 Å². The molecule has 12 aromatic carbocycles. The maximum atomic E-state index is 6.77. The minimum absolute atomic E-state index is 0.839. The molecule has 0 saturated heterocycles. The Hall–Kier alpha value is -8.86. The Morgan fingerprint density at radius 1 is 0.212 bits per heavy atom. The zero-order valence-corrected chi connectivity index (χ0v) is 35.7. The third-order valence-corrected chi connectivity index (χ3v) is 13.5. The van der Waals surface area contributed by atoms with Crippen LogP contribution >= 0.6 is 0 Å². The zero-order chi connectivity index (χ0) is 43.3. The summed E-state index contributed by atoms with van der Waals surface area (Å²) in [5, 5.41) is 16.2. The lowest BCUT2D eigenvalue weighted by molar-refractivity contribution is 0.668. The molecule has 308 valence electrons. The molecule has 4 heteroatoms. The summed E-state index contributed by atoms with van der Waals surface area (Å²) in [7, 11) is 0. The Morgan fingerprint density at radius 3 is 0.818 bits per heavy atom. The topological polar surface area (TPSA) is 32.8 Å². The summed E-state index contributed by atoms with van der Waals surface area (Å²) < 4.78 is 13.5. The van der Waals surface area contributed by atoms with E-state index in [2.05, 4.69) is 240 Å². The molecule has 0 spiro atoms. The van der Waals surface area contributed by atoms with Crippen molar-refractivity contribution in [3.8, 4) is 0 Å². The molecule has 0 radical (unpaired) electrons. The van der Waals surface area contributed by atoms with E-state index >= 15 is 0 Å². The summed E-state index contributed by atoms with van der Waals surface area (Å²) in [6.45, 7) is 0. The molecule has 0 fully saturated rings. The number of furan rings is 2. The highest BCUT2D eigenvalue weighted by molar-refractivity contribution is 6.27. The summed E-state index contributed by atoms with van der Waals surface area (Å²) >= 11 is 0. The van der Waals surface area contributed by atoms with Gasteiger partial charge in [-0.2, -0.15) is 0 Å². The van der Waals surface area contributed by atoms with Crippen LogP contribution in [0.4, 0.5) is 34.1 Å². The highest BCUT2D eigenvalue weighted by Crippen LogP contribution is 2.45. The average molecular weight is 843 g/mol. The van der Waals surface area contributed by atoms with Crippen molar-refractivity contribution in [2.24, 2.45) is 0 Å². The van der Waals surface area contributed by atoms with Crippen molar-refractivity contribution >= 4 is 132 Å². The molecule has 2 heterocycles. The molecule has 2 aromatic heterocycles. The summed E-state index contributed by atoms with van der Waals surface area (Å²) in [5.74, 6) is 0. The predicted octanol–water partition coefficient (Wildman–Crippen LogP) is 18.2. The highest BCUT2D eigenvalue weighted by atomic mass is 16.3. The molecule has 66 heavy (non-hydrogen) atoms. The molecule has 0 N–H and O–H groups in total. The third-order valence-electron chi connectivity index (χ3n) is 13.5. The van der Waals surface area contributed by atoms with Gasteiger partial charge in [-0.25, -0.2) is 0 Å². The van der Waals surface area contributed by atoms with Gasteiger partial charge in [-0.3, -0.25) is 0 Å². The van der Waals surface area contributed by atoms with E-state index in [1.54, 1.807) is 0 Å². The van der Waals surface area contributed by atoms with E-state index in [9.17, 15) is 0 Å². The Balaban J connectivity index is 0.908. The number of fused-ring (bicyclic) bond motifs is 13. The number of nitrogens with zero attached hydrogens (tertiary/aromatic N) is 2. The minimum Gasteiger partial charge on any atom is -0.456 e. The maximum Gasteiger partial charge on any atom is 0.137 e. The van der Waals surface area contributed by atoms with Gasteiger partial charge in [-0.1, -0.05) is 121 Å². The largest absolute Gasteiger partial charge is 0.456 e. The van der Waals surface area contributed by atoms with Crippen LogP contribution in [0.15, 0.2) is 239 Å². The van der Waals surface area contributed by atoms with Crippen molar-refractivity contribution in [2.45, 2.75) is 0 Å². The van der Waals surface area contributed by atoms with Gasteiger partial charge < -0.3 is 18.6 Å². The maximum absolute atomic E-state index is 6.77. The quantitative estimate of drug-likeness (QED) is 0.167. The summed E-state index contributed by atoms with van der Waals surface area (Å²) in [6.07, 6.45) is 0. The van der Waals surface area contributed by atoms with E-state index in [1.165, 1.54) is 43.1 Å². The molecule has 0 unspecified atom stereocenters. The molecule has 0 amide bonds. The van der Waals surface area contributed by atoms with Gasteiger partial charge in [-0.05, 0) is 151 Å². The second-order valence-electron chi connectivity index (χ2n) is 17.3. The van der Waals surface area contributed by atoms with Gasteiger partial charge in [0.05, 0.1) is 0 Å². The SMILES string of the molecule is c1ccc2cc(N(c3ccc4ccccc4c3)c3ccc4c(c3)oc3ccc5c(ccc6oc7cc(N(c8ccc9ccccc9c8)c8ccc9ccccc9c8)ccc7c65)c34)ccc2c1. The highest BCUT2D eigenvalue weighted by Gasteiger charge is 2.21. The molecule has 14 rings (SSSR count). The van der Waals surface area contributed by atoms with Crippen LogP contribution in [0.2, 0.25) is 0 Å². The predicted molar refractivity (Wildman–Crippen MR) is 278 cm³/mol. The van der Waals surface area contributed by atoms with Crippen molar-refractivity contribution in [2.75, 3.05) is 9.80 Å². The van der Waals surface area contributed by atoms with Crippen LogP contribution in [0.3, 0.4) is 0 Å². The third kappa shape index (κ3) is 5.79. The van der Waals surface area contributed by atoms with Crippen LogP contribution in [0.5, 0.6) is 0 Å². The van der Waals surface area contributed by atoms with Crippen molar-refractivity contribution in [1.82, 2.24) is 0 Å². The fraction of sp³-hybridized carbons (Fsp3) is 0. The Labute approximate surface area is 379 Å². The van der Waals surface area contributed by atoms with Gasteiger partial charge in [0.25, 0.3) is 0 Å². The minimum atomic E-state index is 0.839. The van der Waals surface area contributed by atoms with Gasteiger partial charge in [-0.15, -0.1) is 0 Å². The van der Waals surface area contributed by atoms with E-state index in [4.69, 9.17) is 8.83 Å². The van der Waals surface area contributed by atoms with E-state index in [1.807, 2.05) is 0 Å². The fourth-order valence-corrected chi connectivity index (χ4v) is 10.4. The van der Waals surface area contributed by atoms with Crippen molar-refractivity contribution in [3.63, 3.8) is 0 Å². The number of hydrogen-bond acceptors (Lipinski definition) is 4. The summed E-state index contributed by atoms with van der Waals surface area (Å²) in [6, 6.07) is 82.8. The van der Waals surface area contributed by atoms with Gasteiger partial charge in [0.2, 0.25) is 0 Å². The first kappa shape index (κ1) is 36.6. The lowest BCUT2D eigenvalue weighted by Gasteiger charge is -2.26. The summed E-state index contributed by atoms with van der Waals surface area (Å²) in [4.78, 5) is 4.67. The lowest BCUT2D eigenvalue weighted by Crippen LogP contribution is -2.09. The lowest BCUT2D eigenvalue weighted by atomic mass is 9.99. The zero-order valence-electron chi connectivity index (χ0n) is 35.7. The van der Waals surface area contributed by atoms with Crippen LogP contribution in [0.1, 0.15) is 0 Å². The number of benzene rings is 12. The van der Waals surface area contributed by atoms with Gasteiger partial charge in [0.15, 0.2) is 0 Å². The molecule has 0 atom stereocenters. The first-order valence-electron chi connectivity index (χ1n) is 22.5. The van der Waals surface area contributed by atoms with Crippen LogP contribution in [-0.2, 0) is 0 Å². The van der Waals surface area contributed by atoms with Crippen molar-refractivity contribution in [3.05, 3.63) is 231 Å². The normalized spacial score (nSPS) is 11.9. The average Bonchev–Trinajstić information content (AvgIpc) is 3.94. The first-order chi connectivity index (χ1) is 32.7.